The quantitative estimate of drug-likeness (QED) is 0.809. The van der Waals surface area contributed by atoms with E-state index in [0.29, 0.717) is 24.6 Å². The number of nitrogens with one attached hydrogen (secondary N) is 1. The van der Waals surface area contributed by atoms with Gasteiger partial charge in [-0.1, -0.05) is 18.2 Å². The van der Waals surface area contributed by atoms with Gasteiger partial charge < -0.3 is 10.2 Å². The van der Waals surface area contributed by atoms with Gasteiger partial charge in [-0.05, 0) is 11.6 Å². The predicted molar refractivity (Wildman–Crippen MR) is 72.0 cm³/mol. The molecule has 0 spiro atoms. The summed E-state index contributed by atoms with van der Waals surface area (Å²) in [6, 6.07) is 7.89. The molecule has 1 unspecified atom stereocenters. The maximum absolute atomic E-state index is 12.3. The number of carbonyl (C=O) groups is 1. The molecule has 1 fully saturated rings. The highest BCUT2D eigenvalue weighted by molar-refractivity contribution is 7.85. The van der Waals surface area contributed by atoms with Crippen LogP contribution in [0.3, 0.4) is 0 Å². The summed E-state index contributed by atoms with van der Waals surface area (Å²) in [4.78, 5) is 14.2. The second-order valence-corrected chi connectivity index (χ2v) is 6.43. The van der Waals surface area contributed by atoms with Crippen molar-refractivity contribution in [3.8, 4) is 0 Å². The van der Waals surface area contributed by atoms with Crippen LogP contribution in [-0.4, -0.2) is 45.7 Å². The third-order valence-corrected chi connectivity index (χ3v) is 4.83. The van der Waals surface area contributed by atoms with Crippen LogP contribution < -0.4 is 5.32 Å². The number of rotatable bonds is 1. The van der Waals surface area contributed by atoms with Gasteiger partial charge >= 0.3 is 0 Å². The monoisotopic (exact) mass is 264 g/mol. The number of para-hydroxylation sites is 1. The zero-order chi connectivity index (χ0) is 12.5. The van der Waals surface area contributed by atoms with Crippen LogP contribution in [0.15, 0.2) is 24.3 Å². The Balaban J connectivity index is 1.67. The molecule has 0 bridgehead atoms. The first kappa shape index (κ1) is 11.7. The van der Waals surface area contributed by atoms with Gasteiger partial charge in [-0.25, -0.2) is 0 Å². The van der Waals surface area contributed by atoms with Crippen molar-refractivity contribution in [2.75, 3.05) is 29.9 Å². The smallest absolute Gasteiger partial charge is 0.245 e. The largest absolute Gasteiger partial charge is 0.373 e. The van der Waals surface area contributed by atoms with Gasteiger partial charge in [0.1, 0.15) is 6.04 Å². The summed E-state index contributed by atoms with van der Waals surface area (Å²) in [7, 11) is -0.733. The maximum atomic E-state index is 12.3. The Morgan fingerprint density at radius 2 is 2.00 bits per heavy atom. The molecule has 1 saturated heterocycles. The molecule has 5 heteroatoms. The van der Waals surface area contributed by atoms with Gasteiger partial charge in [0, 0.05) is 47.5 Å². The van der Waals surface area contributed by atoms with Crippen molar-refractivity contribution in [2.45, 2.75) is 12.5 Å². The van der Waals surface area contributed by atoms with Crippen LogP contribution >= 0.6 is 0 Å². The number of carbonyl (C=O) groups excluding carboxylic acids is 1. The lowest BCUT2D eigenvalue weighted by molar-refractivity contribution is -0.131. The molecular weight excluding hydrogens is 248 g/mol. The van der Waals surface area contributed by atoms with E-state index in [2.05, 4.69) is 11.4 Å². The van der Waals surface area contributed by atoms with Gasteiger partial charge in [-0.2, -0.15) is 0 Å². The molecule has 0 radical (unpaired) electrons. The van der Waals surface area contributed by atoms with Crippen molar-refractivity contribution in [3.05, 3.63) is 29.8 Å². The van der Waals surface area contributed by atoms with Crippen LogP contribution in [0.25, 0.3) is 0 Å². The molecule has 2 aliphatic rings. The van der Waals surface area contributed by atoms with Crippen LogP contribution in [-0.2, 0) is 22.0 Å². The second-order valence-electron chi connectivity index (χ2n) is 4.73. The second kappa shape index (κ2) is 4.72. The Bertz CT molecular complexity index is 469. The lowest BCUT2D eigenvalue weighted by Gasteiger charge is -2.28. The van der Waals surface area contributed by atoms with Crippen molar-refractivity contribution in [1.82, 2.24) is 4.90 Å². The average molecular weight is 264 g/mol. The number of hydrogen-bond donors (Lipinski definition) is 1. The lowest BCUT2D eigenvalue weighted by atomic mass is 10.1. The van der Waals surface area contributed by atoms with E-state index in [1.54, 1.807) is 0 Å². The van der Waals surface area contributed by atoms with Crippen molar-refractivity contribution in [3.63, 3.8) is 0 Å². The molecule has 96 valence electrons. The molecule has 4 nitrogen and oxygen atoms in total. The number of anilines is 1. The summed E-state index contributed by atoms with van der Waals surface area (Å²) in [5.74, 6) is 1.37. The van der Waals surface area contributed by atoms with Gasteiger partial charge in [0.05, 0.1) is 0 Å². The minimum absolute atomic E-state index is 0.142. The molecule has 1 aromatic carbocycles. The number of hydrogen-bond acceptors (Lipinski definition) is 3. The maximum Gasteiger partial charge on any atom is 0.245 e. The van der Waals surface area contributed by atoms with E-state index >= 15 is 0 Å². The van der Waals surface area contributed by atoms with Crippen molar-refractivity contribution < 1.29 is 9.00 Å². The number of benzene rings is 1. The topological polar surface area (TPSA) is 49.4 Å². The van der Waals surface area contributed by atoms with Gasteiger partial charge in [0.2, 0.25) is 5.91 Å². The number of amides is 1. The average Bonchev–Trinajstić information content (AvgIpc) is 2.82. The summed E-state index contributed by atoms with van der Waals surface area (Å²) in [6.07, 6.45) is 0.759. The molecule has 0 saturated carbocycles. The van der Waals surface area contributed by atoms with Crippen LogP contribution in [0.4, 0.5) is 5.69 Å². The zero-order valence-electron chi connectivity index (χ0n) is 10.1. The van der Waals surface area contributed by atoms with Crippen LogP contribution in [0.5, 0.6) is 0 Å². The van der Waals surface area contributed by atoms with Gasteiger partial charge in [0.25, 0.3) is 0 Å². The number of nitrogens with zero attached hydrogens (tertiary/aromatic N) is 1. The van der Waals surface area contributed by atoms with E-state index in [0.717, 1.165) is 12.1 Å². The highest BCUT2D eigenvalue weighted by atomic mass is 32.2. The lowest BCUT2D eigenvalue weighted by Crippen LogP contribution is -2.48. The predicted octanol–water partition coefficient (Wildman–Crippen LogP) is 0.614. The molecule has 2 heterocycles. The molecule has 2 aliphatic heterocycles. The third-order valence-electron chi connectivity index (χ3n) is 3.56. The minimum Gasteiger partial charge on any atom is -0.373 e. The van der Waals surface area contributed by atoms with Crippen molar-refractivity contribution in [2.24, 2.45) is 0 Å². The molecule has 1 aromatic rings. The molecular formula is C13H16N2O2S. The zero-order valence-corrected chi connectivity index (χ0v) is 10.9. The normalized spacial score (nSPS) is 23.6. The minimum atomic E-state index is -0.733. The Morgan fingerprint density at radius 3 is 2.72 bits per heavy atom. The van der Waals surface area contributed by atoms with E-state index in [9.17, 15) is 9.00 Å². The highest BCUT2D eigenvalue weighted by Gasteiger charge is 2.31. The summed E-state index contributed by atoms with van der Waals surface area (Å²) >= 11 is 0. The first-order valence-corrected chi connectivity index (χ1v) is 7.71. The molecule has 3 rings (SSSR count). The fraction of sp³-hybridized carbons (Fsp3) is 0.462. The molecule has 0 aliphatic carbocycles. The first-order chi connectivity index (χ1) is 8.74. The first-order valence-electron chi connectivity index (χ1n) is 6.22. The summed E-state index contributed by atoms with van der Waals surface area (Å²) in [5, 5.41) is 3.28. The Hall–Kier alpha value is -1.36. The highest BCUT2D eigenvalue weighted by Crippen LogP contribution is 2.26. The van der Waals surface area contributed by atoms with Gasteiger partial charge in [-0.3, -0.25) is 9.00 Å². The molecule has 18 heavy (non-hydrogen) atoms. The Labute approximate surface area is 109 Å². The Kier molecular flexibility index (Phi) is 3.07. The standard InChI is InChI=1S/C13H16N2O2S/c16-13(15-5-7-18(17)8-6-15)12-9-10-3-1-2-4-11(10)14-12/h1-4,12,14H,5-9H2. The third kappa shape index (κ3) is 2.14. The van der Waals surface area contributed by atoms with E-state index in [1.165, 1.54) is 5.56 Å². The SMILES string of the molecule is O=C(C1Cc2ccccc2N1)N1CCS(=O)CC1. The van der Waals surface area contributed by atoms with Crippen LogP contribution in [0, 0.1) is 0 Å². The van der Waals surface area contributed by atoms with Crippen LogP contribution in [0.1, 0.15) is 5.56 Å². The fourth-order valence-corrected chi connectivity index (χ4v) is 3.58. The van der Waals surface area contributed by atoms with Gasteiger partial charge in [0.15, 0.2) is 0 Å². The van der Waals surface area contributed by atoms with Crippen molar-refractivity contribution >= 4 is 22.4 Å². The molecule has 0 aromatic heterocycles. The Morgan fingerprint density at radius 1 is 1.28 bits per heavy atom. The molecule has 1 atom stereocenters. The van der Waals surface area contributed by atoms with E-state index in [4.69, 9.17) is 0 Å². The van der Waals surface area contributed by atoms with E-state index < -0.39 is 10.8 Å². The van der Waals surface area contributed by atoms with Crippen molar-refractivity contribution in [1.29, 1.82) is 0 Å². The summed E-state index contributed by atoms with van der Waals surface area (Å²) < 4.78 is 11.3. The molecule has 1 N–H and O–H groups in total. The number of fused-ring (bicyclic) bond motifs is 1. The fourth-order valence-electron chi connectivity index (χ4n) is 2.53. The summed E-state index contributed by atoms with van der Waals surface area (Å²) in [6.45, 7) is 1.25. The van der Waals surface area contributed by atoms with Gasteiger partial charge in [-0.15, -0.1) is 0 Å². The van der Waals surface area contributed by atoms with E-state index in [-0.39, 0.29) is 11.9 Å². The summed E-state index contributed by atoms with van der Waals surface area (Å²) in [5.41, 5.74) is 2.27. The van der Waals surface area contributed by atoms with E-state index in [1.807, 2.05) is 23.1 Å². The molecule has 1 amide bonds. The van der Waals surface area contributed by atoms with Crippen LogP contribution in [0.2, 0.25) is 0 Å².